The third-order valence-electron chi connectivity index (χ3n) is 4.80. The maximum atomic E-state index is 13.7. The van der Waals surface area contributed by atoms with Gasteiger partial charge in [0.2, 0.25) is 0 Å². The zero-order chi connectivity index (χ0) is 21.2. The van der Waals surface area contributed by atoms with E-state index in [1.807, 2.05) is 84.0 Å². The Labute approximate surface area is 173 Å². The highest BCUT2D eigenvalue weighted by molar-refractivity contribution is 7.49. The van der Waals surface area contributed by atoms with Crippen LogP contribution in [0.25, 0.3) is 0 Å². The lowest BCUT2D eigenvalue weighted by molar-refractivity contribution is 0.298. The van der Waals surface area contributed by atoms with Crippen molar-refractivity contribution in [1.29, 1.82) is 0 Å². The lowest BCUT2D eigenvalue weighted by atomic mass is 10.1. The second-order valence-corrected chi connectivity index (χ2v) is 8.98. The van der Waals surface area contributed by atoms with Crippen LogP contribution in [0.4, 0.5) is 0 Å². The molecule has 29 heavy (non-hydrogen) atoms. The van der Waals surface area contributed by atoms with Crippen LogP contribution in [0.3, 0.4) is 0 Å². The topological polar surface area (TPSA) is 44.8 Å². The summed E-state index contributed by atoms with van der Waals surface area (Å²) < 4.78 is 31.1. The molecule has 0 spiro atoms. The van der Waals surface area contributed by atoms with E-state index in [4.69, 9.17) is 13.6 Å². The van der Waals surface area contributed by atoms with Crippen molar-refractivity contribution in [3.8, 4) is 17.2 Å². The Kier molecular flexibility index (Phi) is 6.04. The van der Waals surface area contributed by atoms with Gasteiger partial charge in [0.1, 0.15) is 17.2 Å². The average molecular weight is 410 g/mol. The smallest absolute Gasteiger partial charge is 0.386 e. The van der Waals surface area contributed by atoms with Crippen molar-refractivity contribution in [3.05, 3.63) is 88.0 Å². The van der Waals surface area contributed by atoms with Gasteiger partial charge in [-0.15, -0.1) is 0 Å². The predicted molar refractivity (Wildman–Crippen MR) is 117 cm³/mol. The third kappa shape index (κ3) is 5.42. The van der Waals surface area contributed by atoms with Crippen LogP contribution in [-0.4, -0.2) is 0 Å². The van der Waals surface area contributed by atoms with Gasteiger partial charge in [0.15, 0.2) is 0 Å². The number of aryl methyl sites for hydroxylation is 6. The van der Waals surface area contributed by atoms with Crippen LogP contribution in [0.1, 0.15) is 33.4 Å². The second kappa shape index (κ2) is 8.34. The maximum Gasteiger partial charge on any atom is 0.647 e. The van der Waals surface area contributed by atoms with Crippen LogP contribution >= 0.6 is 7.82 Å². The van der Waals surface area contributed by atoms with Gasteiger partial charge in [-0.25, -0.2) is 0 Å². The molecule has 0 N–H and O–H groups in total. The van der Waals surface area contributed by atoms with E-state index in [9.17, 15) is 4.57 Å². The third-order valence-corrected chi connectivity index (χ3v) is 6.11. The molecule has 3 rings (SSSR count). The number of rotatable bonds is 6. The van der Waals surface area contributed by atoms with Gasteiger partial charge in [-0.3, -0.25) is 0 Å². The molecule has 0 aliphatic carbocycles. The van der Waals surface area contributed by atoms with E-state index in [0.29, 0.717) is 17.2 Å². The van der Waals surface area contributed by atoms with E-state index in [1.54, 1.807) is 12.1 Å². The van der Waals surface area contributed by atoms with Crippen LogP contribution in [0.2, 0.25) is 0 Å². The van der Waals surface area contributed by atoms with E-state index >= 15 is 0 Å². The number of hydrogen-bond donors (Lipinski definition) is 0. The van der Waals surface area contributed by atoms with Crippen LogP contribution in [0, 0.1) is 41.5 Å². The standard InChI is InChI=1S/C24H27O4P/c1-16-11-17(2)13-24(12-16)28-29(25,26-22-9-7-18(3)20(5)14-22)27-23-10-8-19(4)21(6)15-23/h7-15H,1-6H3. The van der Waals surface area contributed by atoms with Gasteiger partial charge < -0.3 is 13.6 Å². The summed E-state index contributed by atoms with van der Waals surface area (Å²) in [4.78, 5) is 0. The second-order valence-electron chi connectivity index (χ2n) is 7.54. The predicted octanol–water partition coefficient (Wildman–Crippen LogP) is 7.18. The molecule has 0 saturated carbocycles. The summed E-state index contributed by atoms with van der Waals surface area (Å²) >= 11 is 0. The summed E-state index contributed by atoms with van der Waals surface area (Å²) in [6, 6.07) is 16.7. The summed E-state index contributed by atoms with van der Waals surface area (Å²) in [5.74, 6) is 1.31. The molecule has 0 aromatic heterocycles. The molecule has 0 saturated heterocycles. The lowest BCUT2D eigenvalue weighted by Gasteiger charge is -2.20. The quantitative estimate of drug-likeness (QED) is 0.404. The van der Waals surface area contributed by atoms with Gasteiger partial charge in [0, 0.05) is 0 Å². The van der Waals surface area contributed by atoms with E-state index in [1.165, 1.54) is 0 Å². The Hall–Kier alpha value is -2.71. The molecule has 5 heteroatoms. The Bertz CT molecular complexity index is 1010. The maximum absolute atomic E-state index is 13.7. The summed E-state index contributed by atoms with van der Waals surface area (Å²) in [6.45, 7) is 11.9. The molecule has 0 atom stereocenters. The molecule has 0 aliphatic rings. The van der Waals surface area contributed by atoms with E-state index in [0.717, 1.165) is 33.4 Å². The number of benzene rings is 3. The first-order valence-corrected chi connectivity index (χ1v) is 11.0. The molecule has 3 aromatic carbocycles. The van der Waals surface area contributed by atoms with Gasteiger partial charge in [0.25, 0.3) is 0 Å². The zero-order valence-corrected chi connectivity index (χ0v) is 18.7. The molecule has 0 bridgehead atoms. The Morgan fingerprint density at radius 1 is 0.517 bits per heavy atom. The van der Waals surface area contributed by atoms with Crippen molar-refractivity contribution < 1.29 is 18.1 Å². The number of phosphoric ester groups is 1. The van der Waals surface area contributed by atoms with Crippen molar-refractivity contribution >= 4 is 7.82 Å². The first-order valence-electron chi connectivity index (χ1n) is 9.55. The zero-order valence-electron chi connectivity index (χ0n) is 17.8. The highest BCUT2D eigenvalue weighted by Gasteiger charge is 2.33. The number of hydrogen-bond acceptors (Lipinski definition) is 4. The molecular weight excluding hydrogens is 383 g/mol. The monoisotopic (exact) mass is 410 g/mol. The highest BCUT2D eigenvalue weighted by Crippen LogP contribution is 2.50. The SMILES string of the molecule is Cc1cc(C)cc(OP(=O)(Oc2ccc(C)c(C)c2)Oc2ccc(C)c(C)c2)c1. The molecular formula is C24H27O4P. The van der Waals surface area contributed by atoms with E-state index in [2.05, 4.69) is 0 Å². The van der Waals surface area contributed by atoms with Gasteiger partial charge in [-0.2, -0.15) is 4.57 Å². The lowest BCUT2D eigenvalue weighted by Crippen LogP contribution is -2.08. The first kappa shape index (κ1) is 21.0. The summed E-state index contributed by atoms with van der Waals surface area (Å²) in [5.41, 5.74) is 6.32. The average Bonchev–Trinajstić information content (AvgIpc) is 2.60. The first-order chi connectivity index (χ1) is 13.6. The van der Waals surface area contributed by atoms with Gasteiger partial charge in [-0.1, -0.05) is 18.2 Å². The van der Waals surface area contributed by atoms with E-state index < -0.39 is 7.82 Å². The fraction of sp³-hybridized carbons (Fsp3) is 0.250. The van der Waals surface area contributed by atoms with Crippen LogP contribution in [0.15, 0.2) is 54.6 Å². The Balaban J connectivity index is 1.97. The minimum Gasteiger partial charge on any atom is -0.386 e. The molecule has 4 nitrogen and oxygen atoms in total. The summed E-state index contributed by atoms with van der Waals surface area (Å²) in [5, 5.41) is 0. The van der Waals surface area contributed by atoms with Crippen LogP contribution in [0.5, 0.6) is 17.2 Å². The Morgan fingerprint density at radius 2 is 0.931 bits per heavy atom. The molecule has 152 valence electrons. The number of phosphoric acid groups is 1. The van der Waals surface area contributed by atoms with E-state index in [-0.39, 0.29) is 0 Å². The largest absolute Gasteiger partial charge is 0.647 e. The summed E-state index contributed by atoms with van der Waals surface area (Å²) in [7, 11) is -3.99. The highest BCUT2D eigenvalue weighted by atomic mass is 31.2. The van der Waals surface area contributed by atoms with Gasteiger partial charge in [-0.05, 0) is 111 Å². The van der Waals surface area contributed by atoms with Crippen molar-refractivity contribution in [2.45, 2.75) is 41.5 Å². The van der Waals surface area contributed by atoms with Gasteiger partial charge >= 0.3 is 7.82 Å². The molecule has 0 aliphatic heterocycles. The molecule has 0 unspecified atom stereocenters. The van der Waals surface area contributed by atoms with Crippen molar-refractivity contribution in [3.63, 3.8) is 0 Å². The normalized spacial score (nSPS) is 11.2. The van der Waals surface area contributed by atoms with Crippen LogP contribution < -0.4 is 13.6 Å². The molecule has 0 radical (unpaired) electrons. The fourth-order valence-electron chi connectivity index (χ4n) is 2.97. The van der Waals surface area contributed by atoms with Gasteiger partial charge in [0.05, 0.1) is 0 Å². The fourth-order valence-corrected chi connectivity index (χ4v) is 4.19. The van der Waals surface area contributed by atoms with Crippen molar-refractivity contribution in [1.82, 2.24) is 0 Å². The minimum absolute atomic E-state index is 0.435. The molecule has 0 heterocycles. The minimum atomic E-state index is -3.99. The van der Waals surface area contributed by atoms with Crippen LogP contribution in [-0.2, 0) is 4.57 Å². The molecule has 0 fully saturated rings. The molecule has 0 amide bonds. The van der Waals surface area contributed by atoms with Crippen molar-refractivity contribution in [2.24, 2.45) is 0 Å². The Morgan fingerprint density at radius 3 is 1.34 bits per heavy atom. The molecule has 3 aromatic rings. The summed E-state index contributed by atoms with van der Waals surface area (Å²) in [6.07, 6.45) is 0. The van der Waals surface area contributed by atoms with Crippen molar-refractivity contribution in [2.75, 3.05) is 0 Å².